The van der Waals surface area contributed by atoms with Crippen molar-refractivity contribution in [2.24, 2.45) is 0 Å². The Balaban J connectivity index is 1.58. The molecule has 0 radical (unpaired) electrons. The van der Waals surface area contributed by atoms with Gasteiger partial charge in [-0.25, -0.2) is 9.78 Å². The van der Waals surface area contributed by atoms with Crippen LogP contribution in [0.3, 0.4) is 0 Å². The molecule has 2 aromatic heterocycles. The largest absolute Gasteiger partial charge is 0.481 e. The maximum atomic E-state index is 12.3. The van der Waals surface area contributed by atoms with Crippen LogP contribution in [0.4, 0.5) is 4.79 Å². The van der Waals surface area contributed by atoms with E-state index in [0.29, 0.717) is 19.4 Å². The van der Waals surface area contributed by atoms with E-state index in [1.54, 1.807) is 0 Å². The highest BCUT2D eigenvalue weighted by Gasteiger charge is 2.15. The lowest BCUT2D eigenvalue weighted by Gasteiger charge is -2.18. The minimum Gasteiger partial charge on any atom is -0.481 e. The van der Waals surface area contributed by atoms with Gasteiger partial charge in [-0.2, -0.15) is 0 Å². The minimum atomic E-state index is -0.875. The summed E-state index contributed by atoms with van der Waals surface area (Å²) in [6, 6.07) is 15.0. The molecular weight excluding hydrogens is 356 g/mol. The first kappa shape index (κ1) is 19.4. The van der Waals surface area contributed by atoms with Gasteiger partial charge >= 0.3 is 12.0 Å². The van der Waals surface area contributed by atoms with Gasteiger partial charge in [-0.1, -0.05) is 36.4 Å². The third-order valence-corrected chi connectivity index (χ3v) is 4.54. The molecule has 0 bridgehead atoms. The number of amides is 2. The van der Waals surface area contributed by atoms with Crippen LogP contribution in [-0.4, -0.2) is 32.5 Å². The lowest BCUT2D eigenvalue weighted by atomic mass is 10.0. The van der Waals surface area contributed by atoms with E-state index >= 15 is 0 Å². The van der Waals surface area contributed by atoms with Crippen molar-refractivity contribution in [3.63, 3.8) is 0 Å². The fourth-order valence-corrected chi connectivity index (χ4v) is 3.11. The molecule has 1 atom stereocenters. The highest BCUT2D eigenvalue weighted by Crippen LogP contribution is 2.09. The Morgan fingerprint density at radius 1 is 1.14 bits per heavy atom. The number of fused-ring (bicyclic) bond motifs is 1. The smallest absolute Gasteiger partial charge is 0.315 e. The number of aryl methyl sites for hydroxylation is 1. The Labute approximate surface area is 163 Å². The molecule has 0 aliphatic rings. The van der Waals surface area contributed by atoms with E-state index in [1.165, 1.54) is 0 Å². The van der Waals surface area contributed by atoms with Crippen molar-refractivity contribution in [3.05, 3.63) is 71.7 Å². The van der Waals surface area contributed by atoms with Crippen LogP contribution in [0.1, 0.15) is 29.8 Å². The fraction of sp³-hybridized carbons (Fsp3) is 0.286. The summed E-state index contributed by atoms with van der Waals surface area (Å²) in [5.41, 5.74) is 3.71. The molecule has 2 heterocycles. The number of imidazole rings is 1. The van der Waals surface area contributed by atoms with Crippen LogP contribution < -0.4 is 10.6 Å². The van der Waals surface area contributed by atoms with E-state index in [0.717, 1.165) is 22.6 Å². The molecule has 0 fully saturated rings. The van der Waals surface area contributed by atoms with E-state index in [2.05, 4.69) is 15.6 Å². The van der Waals surface area contributed by atoms with Crippen molar-refractivity contribution < 1.29 is 14.7 Å². The molecular formula is C21H24N4O3. The highest BCUT2D eigenvalue weighted by atomic mass is 16.4. The second kappa shape index (κ2) is 9.03. The number of benzene rings is 1. The van der Waals surface area contributed by atoms with Gasteiger partial charge in [0.1, 0.15) is 5.65 Å². The fourth-order valence-electron chi connectivity index (χ4n) is 3.11. The van der Waals surface area contributed by atoms with Crippen LogP contribution in [-0.2, 0) is 17.8 Å². The zero-order chi connectivity index (χ0) is 19.9. The number of rotatable bonds is 8. The molecule has 1 aromatic carbocycles. The standard InChI is InChI=1S/C21H24N4O3/c1-15-6-5-9-19-23-18(14-25(15)19)13-22-21(28)24-17(10-11-20(26)27)12-16-7-3-2-4-8-16/h2-9,14,17H,10-13H2,1H3,(H,26,27)(H2,22,24,28). The SMILES string of the molecule is Cc1cccc2nc(CNC(=O)NC(CCC(=O)O)Cc3ccccc3)cn12. The van der Waals surface area contributed by atoms with Crippen LogP contribution in [0.2, 0.25) is 0 Å². The van der Waals surface area contributed by atoms with Crippen molar-refractivity contribution in [3.8, 4) is 0 Å². The zero-order valence-electron chi connectivity index (χ0n) is 15.8. The molecule has 0 aliphatic heterocycles. The quantitative estimate of drug-likeness (QED) is 0.560. The summed E-state index contributed by atoms with van der Waals surface area (Å²) < 4.78 is 1.97. The van der Waals surface area contributed by atoms with E-state index < -0.39 is 5.97 Å². The molecule has 3 aromatic rings. The molecule has 1 unspecified atom stereocenters. The number of hydrogen-bond acceptors (Lipinski definition) is 3. The average molecular weight is 380 g/mol. The Kier molecular flexibility index (Phi) is 6.26. The molecule has 3 N–H and O–H groups in total. The molecule has 0 aliphatic carbocycles. The van der Waals surface area contributed by atoms with Gasteiger partial charge in [-0.3, -0.25) is 4.79 Å². The number of hydrogen-bond donors (Lipinski definition) is 3. The van der Waals surface area contributed by atoms with Gasteiger partial charge in [-0.05, 0) is 37.5 Å². The maximum Gasteiger partial charge on any atom is 0.315 e. The zero-order valence-corrected chi connectivity index (χ0v) is 15.8. The van der Waals surface area contributed by atoms with Crippen LogP contribution >= 0.6 is 0 Å². The predicted molar refractivity (Wildman–Crippen MR) is 106 cm³/mol. The van der Waals surface area contributed by atoms with Crippen LogP contribution in [0, 0.1) is 6.92 Å². The van der Waals surface area contributed by atoms with Gasteiger partial charge in [0.15, 0.2) is 0 Å². The molecule has 7 heteroatoms. The van der Waals surface area contributed by atoms with Crippen molar-refractivity contribution in [1.29, 1.82) is 0 Å². The number of carboxylic acids is 1. The first-order valence-corrected chi connectivity index (χ1v) is 9.25. The summed E-state index contributed by atoms with van der Waals surface area (Å²) >= 11 is 0. The number of urea groups is 1. The number of carbonyl (C=O) groups is 2. The summed E-state index contributed by atoms with van der Waals surface area (Å²) in [4.78, 5) is 27.8. The van der Waals surface area contributed by atoms with Crippen LogP contribution in [0.5, 0.6) is 0 Å². The maximum absolute atomic E-state index is 12.3. The van der Waals surface area contributed by atoms with Gasteiger partial charge in [0, 0.05) is 24.4 Å². The second-order valence-electron chi connectivity index (χ2n) is 6.77. The van der Waals surface area contributed by atoms with Gasteiger partial charge in [0.2, 0.25) is 0 Å². The Bertz CT molecular complexity index is 953. The second-order valence-corrected chi connectivity index (χ2v) is 6.77. The number of aliphatic carboxylic acids is 1. The van der Waals surface area contributed by atoms with E-state index in [9.17, 15) is 9.59 Å². The molecule has 28 heavy (non-hydrogen) atoms. The molecule has 0 saturated heterocycles. The van der Waals surface area contributed by atoms with E-state index in [-0.39, 0.29) is 18.5 Å². The van der Waals surface area contributed by atoms with E-state index in [1.807, 2.05) is 66.1 Å². The van der Waals surface area contributed by atoms with Crippen molar-refractivity contribution in [2.75, 3.05) is 0 Å². The Morgan fingerprint density at radius 3 is 2.64 bits per heavy atom. The molecule has 0 spiro atoms. The number of carboxylic acid groups (broad SMARTS) is 1. The van der Waals surface area contributed by atoms with Crippen molar-refractivity contribution in [1.82, 2.24) is 20.0 Å². The Morgan fingerprint density at radius 2 is 1.93 bits per heavy atom. The van der Waals surface area contributed by atoms with Crippen LogP contribution in [0.25, 0.3) is 5.65 Å². The Hall–Kier alpha value is -3.35. The predicted octanol–water partition coefficient (Wildman–Crippen LogP) is 2.92. The number of nitrogens with zero attached hydrogens (tertiary/aromatic N) is 2. The van der Waals surface area contributed by atoms with Crippen molar-refractivity contribution >= 4 is 17.6 Å². The minimum absolute atomic E-state index is 0.00346. The van der Waals surface area contributed by atoms with Gasteiger partial charge in [0.05, 0.1) is 12.2 Å². The molecule has 0 saturated carbocycles. The van der Waals surface area contributed by atoms with E-state index in [4.69, 9.17) is 5.11 Å². The lowest BCUT2D eigenvalue weighted by Crippen LogP contribution is -2.43. The number of aromatic nitrogens is 2. The molecule has 3 rings (SSSR count). The molecule has 146 valence electrons. The number of nitrogens with one attached hydrogen (secondary N) is 2. The summed E-state index contributed by atoms with van der Waals surface area (Å²) in [5, 5.41) is 14.7. The topological polar surface area (TPSA) is 95.7 Å². The molecule has 7 nitrogen and oxygen atoms in total. The van der Waals surface area contributed by atoms with Gasteiger partial charge < -0.3 is 20.1 Å². The average Bonchev–Trinajstić information content (AvgIpc) is 3.10. The third kappa shape index (κ3) is 5.33. The monoisotopic (exact) mass is 380 g/mol. The first-order chi connectivity index (χ1) is 13.5. The van der Waals surface area contributed by atoms with Gasteiger partial charge in [0.25, 0.3) is 0 Å². The third-order valence-electron chi connectivity index (χ3n) is 4.54. The summed E-state index contributed by atoms with van der Waals surface area (Å²) in [6.45, 7) is 2.29. The summed E-state index contributed by atoms with van der Waals surface area (Å²) in [5.74, 6) is -0.875. The number of pyridine rings is 1. The first-order valence-electron chi connectivity index (χ1n) is 9.25. The van der Waals surface area contributed by atoms with Gasteiger partial charge in [-0.15, -0.1) is 0 Å². The summed E-state index contributed by atoms with van der Waals surface area (Å²) in [7, 11) is 0. The summed E-state index contributed by atoms with van der Waals surface area (Å²) in [6.07, 6.45) is 2.85. The molecule has 2 amide bonds. The normalized spacial score (nSPS) is 11.9. The van der Waals surface area contributed by atoms with Crippen molar-refractivity contribution in [2.45, 2.75) is 38.8 Å². The highest BCUT2D eigenvalue weighted by molar-refractivity contribution is 5.74. The number of carbonyl (C=O) groups excluding carboxylic acids is 1. The lowest BCUT2D eigenvalue weighted by molar-refractivity contribution is -0.137. The van der Waals surface area contributed by atoms with Crippen LogP contribution in [0.15, 0.2) is 54.7 Å².